The summed E-state index contributed by atoms with van der Waals surface area (Å²) in [5.74, 6) is -1.07. The lowest BCUT2D eigenvalue weighted by atomic mass is 10.0. The second-order valence-corrected chi connectivity index (χ2v) is 8.22. The second-order valence-electron chi connectivity index (χ2n) is 8.22. The van der Waals surface area contributed by atoms with Gasteiger partial charge in [0.05, 0.1) is 5.56 Å². The summed E-state index contributed by atoms with van der Waals surface area (Å²) in [5, 5.41) is 9.14. The van der Waals surface area contributed by atoms with Crippen molar-refractivity contribution < 1.29 is 24.2 Å². The number of aromatic carboxylic acids is 1. The fourth-order valence-electron chi connectivity index (χ4n) is 3.24. The summed E-state index contributed by atoms with van der Waals surface area (Å²) in [7, 11) is 0. The molecule has 2 aromatic carbocycles. The molecule has 1 saturated heterocycles. The van der Waals surface area contributed by atoms with Gasteiger partial charge in [0.25, 0.3) is 5.91 Å². The smallest absolute Gasteiger partial charge is 0.410 e. The number of benzene rings is 2. The molecule has 30 heavy (non-hydrogen) atoms. The third-order valence-electron chi connectivity index (χ3n) is 4.79. The van der Waals surface area contributed by atoms with E-state index >= 15 is 0 Å². The van der Waals surface area contributed by atoms with Gasteiger partial charge in [-0.3, -0.25) is 4.79 Å². The van der Waals surface area contributed by atoms with Gasteiger partial charge in [-0.15, -0.1) is 0 Å². The van der Waals surface area contributed by atoms with Crippen LogP contribution in [0.5, 0.6) is 0 Å². The minimum absolute atomic E-state index is 0.0929. The molecule has 2 aromatic rings. The molecule has 7 nitrogen and oxygen atoms in total. The van der Waals surface area contributed by atoms with E-state index in [4.69, 9.17) is 9.84 Å². The van der Waals surface area contributed by atoms with Crippen LogP contribution in [-0.2, 0) is 4.74 Å². The van der Waals surface area contributed by atoms with E-state index in [1.807, 2.05) is 39.0 Å². The van der Waals surface area contributed by atoms with Gasteiger partial charge in [-0.2, -0.15) is 0 Å². The number of piperazine rings is 1. The maximum absolute atomic E-state index is 12.8. The Kier molecular flexibility index (Phi) is 6.10. The maximum atomic E-state index is 12.8. The maximum Gasteiger partial charge on any atom is 0.410 e. The van der Waals surface area contributed by atoms with Gasteiger partial charge in [0.2, 0.25) is 0 Å². The topological polar surface area (TPSA) is 87.2 Å². The van der Waals surface area contributed by atoms with Crippen LogP contribution in [0.2, 0.25) is 0 Å². The number of hydrogen-bond acceptors (Lipinski definition) is 4. The largest absolute Gasteiger partial charge is 0.478 e. The molecule has 3 rings (SSSR count). The highest BCUT2D eigenvalue weighted by Crippen LogP contribution is 2.22. The molecule has 0 radical (unpaired) electrons. The fraction of sp³-hybridized carbons (Fsp3) is 0.348. The van der Waals surface area contributed by atoms with Gasteiger partial charge < -0.3 is 19.6 Å². The van der Waals surface area contributed by atoms with Crippen molar-refractivity contribution in [3.8, 4) is 11.1 Å². The number of ether oxygens (including phenoxy) is 1. The van der Waals surface area contributed by atoms with Crippen LogP contribution in [0, 0.1) is 0 Å². The predicted molar refractivity (Wildman–Crippen MR) is 113 cm³/mol. The Morgan fingerprint density at radius 3 is 2.00 bits per heavy atom. The van der Waals surface area contributed by atoms with Crippen LogP contribution in [0.4, 0.5) is 4.79 Å². The molecule has 1 fully saturated rings. The minimum atomic E-state index is -0.978. The highest BCUT2D eigenvalue weighted by atomic mass is 16.6. The Hall–Kier alpha value is -3.35. The molecule has 158 valence electrons. The molecule has 1 aliphatic heterocycles. The average Bonchev–Trinajstić information content (AvgIpc) is 2.72. The van der Waals surface area contributed by atoms with E-state index in [-0.39, 0.29) is 17.6 Å². The van der Waals surface area contributed by atoms with Crippen molar-refractivity contribution >= 4 is 18.0 Å². The molecule has 1 heterocycles. The molecule has 7 heteroatoms. The van der Waals surface area contributed by atoms with E-state index < -0.39 is 11.6 Å². The minimum Gasteiger partial charge on any atom is -0.478 e. The number of amides is 2. The highest BCUT2D eigenvalue weighted by Gasteiger charge is 2.28. The van der Waals surface area contributed by atoms with Gasteiger partial charge in [-0.25, -0.2) is 9.59 Å². The van der Waals surface area contributed by atoms with Gasteiger partial charge in [0, 0.05) is 31.7 Å². The van der Waals surface area contributed by atoms with Gasteiger partial charge in [0.1, 0.15) is 5.60 Å². The van der Waals surface area contributed by atoms with Crippen molar-refractivity contribution in [3.05, 3.63) is 59.7 Å². The molecule has 0 atom stereocenters. The Balaban J connectivity index is 1.62. The Bertz CT molecular complexity index is 939. The van der Waals surface area contributed by atoms with E-state index in [0.29, 0.717) is 31.7 Å². The number of carbonyl (C=O) groups is 3. The van der Waals surface area contributed by atoms with E-state index in [2.05, 4.69) is 0 Å². The molecule has 0 spiro atoms. The van der Waals surface area contributed by atoms with Crippen molar-refractivity contribution in [1.29, 1.82) is 0 Å². The van der Waals surface area contributed by atoms with E-state index in [0.717, 1.165) is 11.1 Å². The summed E-state index contributed by atoms with van der Waals surface area (Å²) < 4.78 is 5.38. The normalized spacial score (nSPS) is 14.4. The van der Waals surface area contributed by atoms with Crippen molar-refractivity contribution in [3.63, 3.8) is 0 Å². The van der Waals surface area contributed by atoms with Crippen LogP contribution >= 0.6 is 0 Å². The molecule has 1 N–H and O–H groups in total. The summed E-state index contributed by atoms with van der Waals surface area (Å²) >= 11 is 0. The number of hydrogen-bond donors (Lipinski definition) is 1. The molecule has 0 saturated carbocycles. The molecule has 1 aliphatic rings. The van der Waals surface area contributed by atoms with Crippen LogP contribution in [0.3, 0.4) is 0 Å². The monoisotopic (exact) mass is 410 g/mol. The Morgan fingerprint density at radius 1 is 0.833 bits per heavy atom. The van der Waals surface area contributed by atoms with Crippen molar-refractivity contribution in [1.82, 2.24) is 9.80 Å². The first-order valence-corrected chi connectivity index (χ1v) is 9.85. The van der Waals surface area contributed by atoms with Gasteiger partial charge in [-0.05, 0) is 56.2 Å². The third kappa shape index (κ3) is 5.17. The quantitative estimate of drug-likeness (QED) is 0.833. The lowest BCUT2D eigenvalue weighted by Crippen LogP contribution is -2.51. The lowest BCUT2D eigenvalue weighted by Gasteiger charge is -2.35. The van der Waals surface area contributed by atoms with Crippen LogP contribution in [0.25, 0.3) is 11.1 Å². The van der Waals surface area contributed by atoms with Crippen molar-refractivity contribution in [2.24, 2.45) is 0 Å². The molecular weight excluding hydrogens is 384 g/mol. The summed E-state index contributed by atoms with van der Waals surface area (Å²) in [6.45, 7) is 7.23. The lowest BCUT2D eigenvalue weighted by molar-refractivity contribution is 0.0141. The molecule has 0 aliphatic carbocycles. The summed E-state index contributed by atoms with van der Waals surface area (Å²) in [6, 6.07) is 13.8. The van der Waals surface area contributed by atoms with E-state index in [1.54, 1.807) is 40.1 Å². The van der Waals surface area contributed by atoms with Crippen LogP contribution in [-0.4, -0.2) is 64.7 Å². The number of carbonyl (C=O) groups excluding carboxylic acids is 2. The van der Waals surface area contributed by atoms with Gasteiger partial charge in [-0.1, -0.05) is 24.3 Å². The van der Waals surface area contributed by atoms with Crippen molar-refractivity contribution in [2.45, 2.75) is 26.4 Å². The zero-order valence-corrected chi connectivity index (χ0v) is 17.4. The summed E-state index contributed by atoms with van der Waals surface area (Å²) in [4.78, 5) is 39.5. The first-order valence-electron chi connectivity index (χ1n) is 9.85. The summed E-state index contributed by atoms with van der Waals surface area (Å²) in [5.41, 5.74) is 1.84. The zero-order valence-electron chi connectivity index (χ0n) is 17.4. The predicted octanol–water partition coefficient (Wildman–Crippen LogP) is 3.74. The summed E-state index contributed by atoms with van der Waals surface area (Å²) in [6.07, 6.45) is -0.359. The number of nitrogens with zero attached hydrogens (tertiary/aromatic N) is 2. The van der Waals surface area contributed by atoms with Crippen LogP contribution < -0.4 is 0 Å². The van der Waals surface area contributed by atoms with E-state index in [1.165, 1.54) is 0 Å². The third-order valence-corrected chi connectivity index (χ3v) is 4.79. The number of carboxylic acids is 1. The SMILES string of the molecule is CC(C)(C)OC(=O)N1CCN(C(=O)c2ccc(-c3cccc(C(=O)O)c3)cc2)CC1. The fourth-order valence-corrected chi connectivity index (χ4v) is 3.24. The molecule has 0 unspecified atom stereocenters. The van der Waals surface area contributed by atoms with Crippen LogP contribution in [0.15, 0.2) is 48.5 Å². The van der Waals surface area contributed by atoms with E-state index in [9.17, 15) is 14.4 Å². The second kappa shape index (κ2) is 8.57. The van der Waals surface area contributed by atoms with Crippen LogP contribution in [0.1, 0.15) is 41.5 Å². The molecule has 0 aromatic heterocycles. The Labute approximate surface area is 175 Å². The first-order chi connectivity index (χ1) is 14.1. The van der Waals surface area contributed by atoms with Gasteiger partial charge in [0.15, 0.2) is 0 Å². The van der Waals surface area contributed by atoms with Crippen molar-refractivity contribution in [2.75, 3.05) is 26.2 Å². The molecule has 2 amide bonds. The Morgan fingerprint density at radius 2 is 1.43 bits per heavy atom. The zero-order chi connectivity index (χ0) is 21.9. The number of carboxylic acid groups (broad SMARTS) is 1. The standard InChI is InChI=1S/C23H26N2O5/c1-23(2,3)30-22(29)25-13-11-24(12-14-25)20(26)17-9-7-16(8-10-17)18-5-4-6-19(15-18)21(27)28/h4-10,15H,11-14H2,1-3H3,(H,27,28). The van der Waals surface area contributed by atoms with Gasteiger partial charge >= 0.3 is 12.1 Å². The number of rotatable bonds is 3. The first kappa shape index (κ1) is 21.4. The average molecular weight is 410 g/mol. The molecular formula is C23H26N2O5. The molecule has 0 bridgehead atoms. The highest BCUT2D eigenvalue weighted by molar-refractivity contribution is 5.95.